The molecular weight excluding hydrogens is 254 g/mol. The molecule has 0 bridgehead atoms. The number of nitrogens with one attached hydrogen (secondary N) is 1. The molecule has 1 aromatic heterocycles. The number of aliphatic hydroxyl groups excluding tert-OH is 1. The Labute approximate surface area is 120 Å². The molecule has 0 saturated heterocycles. The Morgan fingerprint density at radius 2 is 2.15 bits per heavy atom. The quantitative estimate of drug-likeness (QED) is 0.861. The summed E-state index contributed by atoms with van der Waals surface area (Å²) < 4.78 is 1.68. The Morgan fingerprint density at radius 3 is 2.75 bits per heavy atom. The van der Waals surface area contributed by atoms with Crippen molar-refractivity contribution in [3.05, 3.63) is 17.5 Å². The lowest BCUT2D eigenvalue weighted by Crippen LogP contribution is -2.41. The smallest absolute Gasteiger partial charge is 0.254 e. The molecule has 1 amide bonds. The molecule has 20 heavy (non-hydrogen) atoms. The van der Waals surface area contributed by atoms with Gasteiger partial charge in [0.15, 0.2) is 0 Å². The highest BCUT2D eigenvalue weighted by Gasteiger charge is 2.32. The summed E-state index contributed by atoms with van der Waals surface area (Å²) in [7, 11) is 1.83. The summed E-state index contributed by atoms with van der Waals surface area (Å²) in [6, 6.07) is 0. The number of aromatic nitrogens is 2. The van der Waals surface area contributed by atoms with E-state index in [4.69, 9.17) is 0 Å². The van der Waals surface area contributed by atoms with E-state index in [1.807, 2.05) is 14.0 Å². The SMILES string of the molecule is CCc1nn(C)cc1C(=O)NCC1(CO)CCCCC1. The van der Waals surface area contributed by atoms with Gasteiger partial charge in [0, 0.05) is 25.2 Å². The lowest BCUT2D eigenvalue weighted by molar-refractivity contribution is 0.0717. The normalized spacial score (nSPS) is 17.9. The molecule has 1 fully saturated rings. The minimum Gasteiger partial charge on any atom is -0.396 e. The number of nitrogens with zero attached hydrogens (tertiary/aromatic N) is 2. The van der Waals surface area contributed by atoms with Crippen LogP contribution in [0.25, 0.3) is 0 Å². The van der Waals surface area contributed by atoms with E-state index in [1.165, 1.54) is 6.42 Å². The second kappa shape index (κ2) is 6.39. The van der Waals surface area contributed by atoms with Crippen LogP contribution in [0.4, 0.5) is 0 Å². The molecule has 0 atom stereocenters. The van der Waals surface area contributed by atoms with Gasteiger partial charge in [-0.25, -0.2) is 0 Å². The van der Waals surface area contributed by atoms with Crippen LogP contribution in [0.1, 0.15) is 55.1 Å². The van der Waals surface area contributed by atoms with E-state index < -0.39 is 0 Å². The second-order valence-electron chi connectivity index (χ2n) is 5.92. The van der Waals surface area contributed by atoms with Crippen LogP contribution in [0.3, 0.4) is 0 Å². The van der Waals surface area contributed by atoms with Crippen molar-refractivity contribution in [1.29, 1.82) is 0 Å². The van der Waals surface area contributed by atoms with Gasteiger partial charge in [0.25, 0.3) is 5.91 Å². The van der Waals surface area contributed by atoms with Crippen LogP contribution in [-0.2, 0) is 13.5 Å². The van der Waals surface area contributed by atoms with Crippen LogP contribution < -0.4 is 5.32 Å². The minimum absolute atomic E-state index is 0.0756. The van der Waals surface area contributed by atoms with E-state index in [-0.39, 0.29) is 17.9 Å². The van der Waals surface area contributed by atoms with Gasteiger partial charge in [0.05, 0.1) is 17.9 Å². The van der Waals surface area contributed by atoms with E-state index in [1.54, 1.807) is 10.9 Å². The molecule has 2 rings (SSSR count). The van der Waals surface area contributed by atoms with Crippen LogP contribution in [0.15, 0.2) is 6.20 Å². The molecule has 0 aromatic carbocycles. The summed E-state index contributed by atoms with van der Waals surface area (Å²) in [5.74, 6) is -0.0756. The molecule has 112 valence electrons. The zero-order valence-corrected chi connectivity index (χ0v) is 12.5. The fraction of sp³-hybridized carbons (Fsp3) is 0.733. The van der Waals surface area contributed by atoms with Gasteiger partial charge in [-0.3, -0.25) is 9.48 Å². The largest absolute Gasteiger partial charge is 0.396 e. The number of carbonyl (C=O) groups is 1. The predicted octanol–water partition coefficient (Wildman–Crippen LogP) is 1.66. The average Bonchev–Trinajstić information content (AvgIpc) is 2.87. The molecule has 0 aliphatic heterocycles. The standard InChI is InChI=1S/C15H25N3O2/c1-3-13-12(9-18(2)17-13)14(20)16-10-15(11-19)7-5-4-6-8-15/h9,19H,3-8,10-11H2,1-2H3,(H,16,20). The molecule has 1 aliphatic rings. The van der Waals surface area contributed by atoms with Crippen LogP contribution in [0.2, 0.25) is 0 Å². The Morgan fingerprint density at radius 1 is 1.45 bits per heavy atom. The Kier molecular flexibility index (Phi) is 4.81. The number of amides is 1. The molecule has 0 spiro atoms. The Hall–Kier alpha value is -1.36. The zero-order valence-electron chi connectivity index (χ0n) is 12.5. The van der Waals surface area contributed by atoms with Crippen molar-refractivity contribution >= 4 is 5.91 Å². The monoisotopic (exact) mass is 279 g/mol. The number of hydrogen-bond acceptors (Lipinski definition) is 3. The third-order valence-corrected chi connectivity index (χ3v) is 4.36. The first-order valence-electron chi connectivity index (χ1n) is 7.52. The van der Waals surface area contributed by atoms with Gasteiger partial charge < -0.3 is 10.4 Å². The molecule has 1 aliphatic carbocycles. The molecule has 0 radical (unpaired) electrons. The number of hydrogen-bond donors (Lipinski definition) is 2. The van der Waals surface area contributed by atoms with Crippen LogP contribution in [-0.4, -0.2) is 33.9 Å². The molecule has 2 N–H and O–H groups in total. The molecular formula is C15H25N3O2. The number of aliphatic hydroxyl groups is 1. The summed E-state index contributed by atoms with van der Waals surface area (Å²) in [6.07, 6.45) is 8.02. The fourth-order valence-electron chi connectivity index (χ4n) is 3.04. The third-order valence-electron chi connectivity index (χ3n) is 4.36. The fourth-order valence-corrected chi connectivity index (χ4v) is 3.04. The van der Waals surface area contributed by atoms with Crippen molar-refractivity contribution in [3.63, 3.8) is 0 Å². The van der Waals surface area contributed by atoms with E-state index >= 15 is 0 Å². The van der Waals surface area contributed by atoms with Crippen molar-refractivity contribution in [2.45, 2.75) is 45.4 Å². The van der Waals surface area contributed by atoms with Crippen molar-refractivity contribution in [1.82, 2.24) is 15.1 Å². The zero-order chi connectivity index (χ0) is 14.6. The van der Waals surface area contributed by atoms with Crippen molar-refractivity contribution in [2.75, 3.05) is 13.2 Å². The Balaban J connectivity index is 2.00. The number of carbonyl (C=O) groups excluding carboxylic acids is 1. The summed E-state index contributed by atoms with van der Waals surface area (Å²) in [6.45, 7) is 2.71. The summed E-state index contributed by atoms with van der Waals surface area (Å²) in [5, 5.41) is 16.9. The highest BCUT2D eigenvalue weighted by Crippen LogP contribution is 2.35. The molecule has 1 saturated carbocycles. The summed E-state index contributed by atoms with van der Waals surface area (Å²) in [5.41, 5.74) is 1.35. The topological polar surface area (TPSA) is 67.2 Å². The van der Waals surface area contributed by atoms with E-state index in [0.717, 1.165) is 37.8 Å². The van der Waals surface area contributed by atoms with E-state index in [9.17, 15) is 9.90 Å². The number of aryl methyl sites for hydroxylation is 2. The Bertz CT molecular complexity index is 462. The van der Waals surface area contributed by atoms with Gasteiger partial charge >= 0.3 is 0 Å². The van der Waals surface area contributed by atoms with Crippen LogP contribution in [0.5, 0.6) is 0 Å². The van der Waals surface area contributed by atoms with Gasteiger partial charge in [-0.05, 0) is 19.3 Å². The van der Waals surface area contributed by atoms with Gasteiger partial charge in [0.2, 0.25) is 0 Å². The molecule has 1 aromatic rings. The van der Waals surface area contributed by atoms with Crippen molar-refractivity contribution in [2.24, 2.45) is 12.5 Å². The second-order valence-corrected chi connectivity index (χ2v) is 5.92. The van der Waals surface area contributed by atoms with Crippen molar-refractivity contribution < 1.29 is 9.90 Å². The first kappa shape index (κ1) is 15.0. The van der Waals surface area contributed by atoms with Crippen LogP contribution in [0, 0.1) is 5.41 Å². The van der Waals surface area contributed by atoms with Gasteiger partial charge in [-0.1, -0.05) is 26.2 Å². The first-order valence-corrected chi connectivity index (χ1v) is 7.52. The maximum absolute atomic E-state index is 12.3. The maximum Gasteiger partial charge on any atom is 0.254 e. The maximum atomic E-state index is 12.3. The van der Waals surface area contributed by atoms with Gasteiger partial charge in [-0.2, -0.15) is 5.10 Å². The van der Waals surface area contributed by atoms with Crippen molar-refractivity contribution in [3.8, 4) is 0 Å². The third kappa shape index (κ3) is 3.20. The van der Waals surface area contributed by atoms with E-state index in [0.29, 0.717) is 12.1 Å². The predicted molar refractivity (Wildman–Crippen MR) is 77.5 cm³/mol. The van der Waals surface area contributed by atoms with E-state index in [2.05, 4.69) is 10.4 Å². The highest BCUT2D eigenvalue weighted by atomic mass is 16.3. The lowest BCUT2D eigenvalue weighted by atomic mass is 9.74. The molecule has 5 nitrogen and oxygen atoms in total. The van der Waals surface area contributed by atoms with Crippen LogP contribution >= 0.6 is 0 Å². The molecule has 0 unspecified atom stereocenters. The lowest BCUT2D eigenvalue weighted by Gasteiger charge is -2.35. The summed E-state index contributed by atoms with van der Waals surface area (Å²) in [4.78, 5) is 12.3. The van der Waals surface area contributed by atoms with Gasteiger partial charge in [0.1, 0.15) is 0 Å². The molecule has 1 heterocycles. The number of rotatable bonds is 5. The molecule has 5 heteroatoms. The minimum atomic E-state index is -0.123. The average molecular weight is 279 g/mol. The highest BCUT2D eigenvalue weighted by molar-refractivity contribution is 5.95. The van der Waals surface area contributed by atoms with Gasteiger partial charge in [-0.15, -0.1) is 0 Å². The summed E-state index contributed by atoms with van der Waals surface area (Å²) >= 11 is 0. The first-order chi connectivity index (χ1) is 9.60.